The Kier molecular flexibility index (Phi) is 18.2. The van der Waals surface area contributed by atoms with Crippen molar-refractivity contribution in [2.45, 2.75) is 0 Å². The second-order valence-corrected chi connectivity index (χ2v) is 32.0. The Hall–Kier alpha value is -16.5. The first kappa shape index (κ1) is 72.7. The molecule has 0 aliphatic carbocycles. The second kappa shape index (κ2) is 31.0. The van der Waals surface area contributed by atoms with Crippen molar-refractivity contribution in [3.8, 4) is 147 Å². The summed E-state index contributed by atoms with van der Waals surface area (Å²) in [5, 5.41) is 9.26. The SMILES string of the molecule is c1ccc(-c2cc(-c3ccc(-n4c5ccccc5c5cc6sc7ccccc7c6cc54)c(-c4nc(-c5ccccc5)nc(-c5ccccc5)n4)c3)cc(-c3ccccc3)n2)cc1.c1ccc(-c2cc(-c3ccccc3)nc(-c3ccc(-n4c5ccccc5c5cc6oc7ccccc7c6cc54)c(-c4nc(-c5ccccc5)nc(-c5ccccc5)n4)c3)c2)cc1. The summed E-state index contributed by atoms with van der Waals surface area (Å²) in [4.78, 5) is 42.0. The molecule has 580 valence electrons. The molecule has 0 amide bonds. The molecule has 124 heavy (non-hydrogen) atoms. The molecule has 0 unspecified atom stereocenters. The van der Waals surface area contributed by atoms with Crippen LogP contribution in [0.1, 0.15) is 0 Å². The number of benzene rings is 16. The van der Waals surface area contributed by atoms with Crippen LogP contribution in [0.25, 0.3) is 233 Å². The number of hydrogen-bond donors (Lipinski definition) is 0. The predicted molar refractivity (Wildman–Crippen MR) is 509 cm³/mol. The largest absolute Gasteiger partial charge is 0.456 e. The Balaban J connectivity index is 0.000000143. The second-order valence-electron chi connectivity index (χ2n) is 30.9. The zero-order valence-corrected chi connectivity index (χ0v) is 67.5. The van der Waals surface area contributed by atoms with Gasteiger partial charge in [0.1, 0.15) is 11.2 Å². The molecular weight excluding hydrogens is 1530 g/mol. The fraction of sp³-hybridized carbons (Fsp3) is 0. The zero-order chi connectivity index (χ0) is 82.0. The zero-order valence-electron chi connectivity index (χ0n) is 66.7. The van der Waals surface area contributed by atoms with E-state index >= 15 is 0 Å². The van der Waals surface area contributed by atoms with Crippen molar-refractivity contribution in [1.29, 1.82) is 0 Å². The monoisotopic (exact) mass is 1600 g/mol. The van der Waals surface area contributed by atoms with Crippen LogP contribution in [0.5, 0.6) is 0 Å². The number of aromatic nitrogens is 10. The van der Waals surface area contributed by atoms with Gasteiger partial charge >= 0.3 is 0 Å². The molecule has 0 atom stereocenters. The summed E-state index contributed by atoms with van der Waals surface area (Å²) in [6, 6.07) is 148. The van der Waals surface area contributed by atoms with E-state index in [2.05, 4.69) is 300 Å². The smallest absolute Gasteiger partial charge is 0.166 e. The summed E-state index contributed by atoms with van der Waals surface area (Å²) in [5.41, 5.74) is 25.2. The van der Waals surface area contributed by atoms with E-state index in [4.69, 9.17) is 44.3 Å². The summed E-state index contributed by atoms with van der Waals surface area (Å²) >= 11 is 1.85. The molecule has 8 heterocycles. The molecule has 24 rings (SSSR count). The van der Waals surface area contributed by atoms with Crippen LogP contribution in [0.15, 0.2) is 429 Å². The van der Waals surface area contributed by atoms with Gasteiger partial charge in [-0.15, -0.1) is 11.3 Å². The summed E-state index contributed by atoms with van der Waals surface area (Å²) in [7, 11) is 0. The van der Waals surface area contributed by atoms with Gasteiger partial charge in [0.2, 0.25) is 0 Å². The Morgan fingerprint density at radius 2 is 0.516 bits per heavy atom. The molecule has 0 aliphatic heterocycles. The van der Waals surface area contributed by atoms with Crippen molar-refractivity contribution in [3.63, 3.8) is 0 Å². The van der Waals surface area contributed by atoms with Gasteiger partial charge in [0.05, 0.1) is 56.2 Å². The molecule has 0 radical (unpaired) electrons. The lowest BCUT2D eigenvalue weighted by molar-refractivity contribution is 0.669. The first-order chi connectivity index (χ1) is 61.4. The van der Waals surface area contributed by atoms with Crippen LogP contribution < -0.4 is 0 Å². The molecule has 0 N–H and O–H groups in total. The van der Waals surface area contributed by atoms with E-state index in [9.17, 15) is 0 Å². The van der Waals surface area contributed by atoms with E-state index in [1.54, 1.807) is 0 Å². The summed E-state index contributed by atoms with van der Waals surface area (Å²) in [6.07, 6.45) is 0. The Labute approximate surface area is 717 Å². The number of furan rings is 1. The van der Waals surface area contributed by atoms with E-state index in [1.807, 2.05) is 145 Å². The van der Waals surface area contributed by atoms with E-state index < -0.39 is 0 Å². The molecule has 11 nitrogen and oxygen atoms in total. The molecular formula is C112H70N10OS. The third kappa shape index (κ3) is 13.4. The van der Waals surface area contributed by atoms with Gasteiger partial charge in [0.25, 0.3) is 0 Å². The van der Waals surface area contributed by atoms with Gasteiger partial charge in [-0.25, -0.2) is 39.9 Å². The fourth-order valence-corrected chi connectivity index (χ4v) is 18.5. The normalized spacial score (nSPS) is 11.5. The Morgan fingerprint density at radius 3 is 0.976 bits per heavy atom. The van der Waals surface area contributed by atoms with Crippen LogP contribution in [-0.4, -0.2) is 49.0 Å². The first-order valence-corrected chi connectivity index (χ1v) is 42.2. The number of nitrogens with zero attached hydrogens (tertiary/aromatic N) is 10. The fourth-order valence-electron chi connectivity index (χ4n) is 17.4. The maximum absolute atomic E-state index is 6.43. The highest BCUT2D eigenvalue weighted by molar-refractivity contribution is 7.25. The topological polar surface area (TPSA) is 126 Å². The maximum atomic E-state index is 6.43. The van der Waals surface area contributed by atoms with Gasteiger partial charge < -0.3 is 13.6 Å². The van der Waals surface area contributed by atoms with E-state index in [0.717, 1.165) is 167 Å². The third-order valence-corrected chi connectivity index (χ3v) is 24.4. The summed E-state index contributed by atoms with van der Waals surface area (Å²) in [5.74, 6) is 3.55. The van der Waals surface area contributed by atoms with Crippen molar-refractivity contribution >= 4 is 97.1 Å². The molecule has 0 saturated carbocycles. The Morgan fingerprint density at radius 1 is 0.177 bits per heavy atom. The van der Waals surface area contributed by atoms with Crippen LogP contribution in [0.4, 0.5) is 0 Å². The highest BCUT2D eigenvalue weighted by Gasteiger charge is 2.26. The van der Waals surface area contributed by atoms with Gasteiger partial charge in [-0.3, -0.25) is 0 Å². The lowest BCUT2D eigenvalue weighted by Crippen LogP contribution is -2.04. The minimum Gasteiger partial charge on any atom is -0.456 e. The van der Waals surface area contributed by atoms with Crippen molar-refractivity contribution in [2.75, 3.05) is 0 Å². The van der Waals surface area contributed by atoms with Gasteiger partial charge in [-0.2, -0.15) is 0 Å². The number of thiophene rings is 1. The van der Waals surface area contributed by atoms with Crippen molar-refractivity contribution < 1.29 is 4.42 Å². The number of hydrogen-bond acceptors (Lipinski definition) is 10. The molecule has 0 spiro atoms. The van der Waals surface area contributed by atoms with Crippen molar-refractivity contribution in [3.05, 3.63) is 425 Å². The lowest BCUT2D eigenvalue weighted by Gasteiger charge is -2.17. The van der Waals surface area contributed by atoms with E-state index in [-0.39, 0.29) is 0 Å². The van der Waals surface area contributed by atoms with Gasteiger partial charge in [-0.05, 0) is 119 Å². The molecule has 12 heteroatoms. The van der Waals surface area contributed by atoms with Crippen LogP contribution in [-0.2, 0) is 0 Å². The quantitative estimate of drug-likeness (QED) is 0.105. The van der Waals surface area contributed by atoms with Gasteiger partial charge in [0.15, 0.2) is 34.9 Å². The van der Waals surface area contributed by atoms with Crippen LogP contribution in [0.2, 0.25) is 0 Å². The molecule has 0 fully saturated rings. The summed E-state index contributed by atoms with van der Waals surface area (Å²) in [6.45, 7) is 0. The van der Waals surface area contributed by atoms with Crippen molar-refractivity contribution in [1.82, 2.24) is 49.0 Å². The molecule has 16 aromatic carbocycles. The number of rotatable bonds is 14. The highest BCUT2D eigenvalue weighted by Crippen LogP contribution is 2.47. The molecule has 0 aliphatic rings. The van der Waals surface area contributed by atoms with Crippen molar-refractivity contribution in [2.24, 2.45) is 0 Å². The standard InChI is InChI=1S/C56H35N5O.C56H35N5S/c1-5-17-36(18-6-1)41-32-47(37-19-7-2-8-20-37)57-48(33-41)40-29-30-50(46(31-40)56-59-54(38-21-9-3-10-22-38)58-55(60-56)39-23-11-4-12-24-39)61-49-27-15-13-25-42(49)44-35-53-45(34-51(44)61)43-26-14-16-28-52(43)62-53;1-5-17-36(18-6-1)47-32-41(33-48(57-47)37-19-7-2-8-20-37)40-29-30-50(46(31-40)56-59-54(38-21-9-3-10-22-38)58-55(60-56)39-23-11-4-12-24-39)61-49-27-15-13-25-42(49)44-35-53-45(34-51(44)61)43-26-14-16-28-52(43)62-53/h2*1-35H. The maximum Gasteiger partial charge on any atom is 0.166 e. The van der Waals surface area contributed by atoms with Gasteiger partial charge in [0, 0.05) is 108 Å². The average Bonchev–Trinajstić information content (AvgIpc) is 1.66. The van der Waals surface area contributed by atoms with Gasteiger partial charge in [-0.1, -0.05) is 328 Å². The minimum absolute atomic E-state index is 0.554. The van der Waals surface area contributed by atoms with E-state index in [0.29, 0.717) is 34.9 Å². The third-order valence-electron chi connectivity index (χ3n) is 23.3. The average molecular weight is 1600 g/mol. The molecule has 0 bridgehead atoms. The predicted octanol–water partition coefficient (Wildman–Crippen LogP) is 29.0. The molecule has 8 aromatic heterocycles. The minimum atomic E-state index is 0.554. The first-order valence-electron chi connectivity index (χ1n) is 41.4. The molecule has 24 aromatic rings. The number of pyridine rings is 2. The highest BCUT2D eigenvalue weighted by atomic mass is 32.1. The van der Waals surface area contributed by atoms with Crippen LogP contribution in [0.3, 0.4) is 0 Å². The van der Waals surface area contributed by atoms with E-state index in [1.165, 1.54) is 30.9 Å². The number of fused-ring (bicyclic) bond motifs is 12. The van der Waals surface area contributed by atoms with Crippen LogP contribution in [0, 0.1) is 0 Å². The Bertz CT molecular complexity index is 7490. The van der Waals surface area contributed by atoms with Crippen LogP contribution >= 0.6 is 11.3 Å². The number of para-hydroxylation sites is 3. The lowest BCUT2D eigenvalue weighted by atomic mass is 9.97. The molecule has 0 saturated heterocycles. The summed E-state index contributed by atoms with van der Waals surface area (Å²) < 4.78 is 13.7.